The molecule has 0 aromatic heterocycles. The molecule has 3 saturated carbocycles. The third-order valence-electron chi connectivity index (χ3n) is 7.54. The van der Waals surface area contributed by atoms with Crippen LogP contribution in [0.2, 0.25) is 0 Å². The highest BCUT2D eigenvalue weighted by molar-refractivity contribution is 6.02. The van der Waals surface area contributed by atoms with Gasteiger partial charge in [-0.15, -0.1) is 0 Å². The third kappa shape index (κ3) is 2.66. The van der Waals surface area contributed by atoms with Gasteiger partial charge in [0.05, 0.1) is 5.56 Å². The number of carbonyl (C=O) groups excluding carboxylic acids is 2. The van der Waals surface area contributed by atoms with Gasteiger partial charge in [0.25, 0.3) is 5.91 Å². The number of likely N-dealkylation sites (tertiary alicyclic amines) is 1. The van der Waals surface area contributed by atoms with Gasteiger partial charge in [-0.25, -0.2) is 0 Å². The molecule has 5 heteroatoms. The normalized spacial score (nSPS) is 37.5. The molecule has 2 heterocycles. The molecule has 5 nitrogen and oxygen atoms in total. The molecule has 1 saturated heterocycles. The number of hydrogen-bond acceptors (Lipinski definition) is 3. The molecule has 2 aliphatic heterocycles. The van der Waals surface area contributed by atoms with Crippen molar-refractivity contribution in [2.24, 2.45) is 17.8 Å². The van der Waals surface area contributed by atoms with Crippen molar-refractivity contribution >= 4 is 17.5 Å². The van der Waals surface area contributed by atoms with Crippen molar-refractivity contribution in [3.63, 3.8) is 0 Å². The number of nitrogens with one attached hydrogen (secondary N) is 2. The summed E-state index contributed by atoms with van der Waals surface area (Å²) in [5.41, 5.74) is 1.28. The van der Waals surface area contributed by atoms with Crippen molar-refractivity contribution in [1.29, 1.82) is 0 Å². The molecule has 2 bridgehead atoms. The molecule has 2 N–H and O–H groups in total. The van der Waals surface area contributed by atoms with Gasteiger partial charge in [-0.1, -0.05) is 12.1 Å². The fourth-order valence-electron chi connectivity index (χ4n) is 6.08. The molecule has 5 aliphatic rings. The second-order valence-electron chi connectivity index (χ2n) is 9.05. The summed E-state index contributed by atoms with van der Waals surface area (Å²) in [6.07, 6.45) is 7.43. The highest BCUT2D eigenvalue weighted by Crippen LogP contribution is 2.52. The summed E-state index contributed by atoms with van der Waals surface area (Å²) in [4.78, 5) is 28.2. The Hall–Kier alpha value is -2.04. The number of amides is 2. The number of benzene rings is 1. The molecular formula is C22H29N3O2. The number of piperidine rings is 1. The molecule has 1 aromatic rings. The van der Waals surface area contributed by atoms with Gasteiger partial charge in [-0.3, -0.25) is 9.59 Å². The molecule has 5 atom stereocenters. The van der Waals surface area contributed by atoms with E-state index in [1.165, 1.54) is 6.42 Å². The second kappa shape index (κ2) is 6.25. The number of nitrogens with zero attached hydrogens (tertiary/aromatic N) is 1. The Morgan fingerprint density at radius 1 is 1.15 bits per heavy atom. The molecule has 2 amide bonds. The lowest BCUT2D eigenvalue weighted by molar-refractivity contribution is -0.146. The predicted molar refractivity (Wildman–Crippen MR) is 104 cm³/mol. The Morgan fingerprint density at radius 3 is 2.78 bits per heavy atom. The van der Waals surface area contributed by atoms with Crippen LogP contribution in [0, 0.1) is 17.8 Å². The van der Waals surface area contributed by atoms with Gasteiger partial charge in [-0.05, 0) is 69.9 Å². The summed E-state index contributed by atoms with van der Waals surface area (Å²) in [5.74, 6) is 1.19. The lowest BCUT2D eigenvalue weighted by atomic mass is 9.58. The molecule has 27 heavy (non-hydrogen) atoms. The fraction of sp³-hybridized carbons (Fsp3) is 0.636. The summed E-state index contributed by atoms with van der Waals surface area (Å²) in [5, 5.41) is 6.96. The van der Waals surface area contributed by atoms with Gasteiger partial charge in [-0.2, -0.15) is 0 Å². The van der Waals surface area contributed by atoms with Gasteiger partial charge < -0.3 is 15.5 Å². The molecule has 4 fully saturated rings. The van der Waals surface area contributed by atoms with Crippen molar-refractivity contribution < 1.29 is 9.59 Å². The first-order valence-corrected chi connectivity index (χ1v) is 10.6. The Labute approximate surface area is 160 Å². The van der Waals surface area contributed by atoms with Crippen LogP contribution in [-0.4, -0.2) is 35.0 Å². The summed E-state index contributed by atoms with van der Waals surface area (Å²) in [6.45, 7) is 3.11. The average molecular weight is 367 g/mol. The van der Waals surface area contributed by atoms with Crippen LogP contribution in [0.5, 0.6) is 0 Å². The summed E-state index contributed by atoms with van der Waals surface area (Å²) in [6, 6.07) is 8.12. The molecule has 1 aromatic carbocycles. The van der Waals surface area contributed by atoms with E-state index >= 15 is 0 Å². The minimum Gasteiger partial charge on any atom is -0.362 e. The van der Waals surface area contributed by atoms with Gasteiger partial charge in [0, 0.05) is 30.1 Å². The zero-order valence-electron chi connectivity index (χ0n) is 16.0. The van der Waals surface area contributed by atoms with E-state index in [2.05, 4.69) is 22.5 Å². The van der Waals surface area contributed by atoms with Crippen LogP contribution in [0.25, 0.3) is 0 Å². The topological polar surface area (TPSA) is 61.4 Å². The molecule has 6 rings (SSSR count). The highest BCUT2D eigenvalue weighted by Gasteiger charge is 2.55. The molecular weight excluding hydrogens is 338 g/mol. The van der Waals surface area contributed by atoms with E-state index in [9.17, 15) is 9.59 Å². The van der Waals surface area contributed by atoms with Gasteiger partial charge in [0.1, 0.15) is 5.66 Å². The van der Waals surface area contributed by atoms with Crippen LogP contribution in [0.1, 0.15) is 62.2 Å². The third-order valence-corrected chi connectivity index (χ3v) is 7.54. The minimum absolute atomic E-state index is 0.0180. The zero-order chi connectivity index (χ0) is 18.6. The standard InChI is InChI=1S/C22H29N3O2/c1-14-6-4-5-11-25(14)21(27)18-12-16-10-9-15(18)13-22(16)23-19-8-3-2-7-17(19)20(26)24-22/h2-3,7-8,14-16,18,23H,4-6,9-13H2,1H3,(H,24,26)/t14-,15-,16+,18+,22+/m0/s1. The molecule has 0 unspecified atom stereocenters. The molecule has 3 aliphatic carbocycles. The highest BCUT2D eigenvalue weighted by atomic mass is 16.2. The lowest BCUT2D eigenvalue weighted by Gasteiger charge is -2.57. The molecule has 1 spiro atoms. The quantitative estimate of drug-likeness (QED) is 0.800. The van der Waals surface area contributed by atoms with E-state index in [4.69, 9.17) is 0 Å². The van der Waals surface area contributed by atoms with E-state index in [0.717, 1.165) is 56.3 Å². The first-order valence-electron chi connectivity index (χ1n) is 10.6. The fourth-order valence-corrected chi connectivity index (χ4v) is 6.08. The Bertz CT molecular complexity index is 779. The van der Waals surface area contributed by atoms with Crippen molar-refractivity contribution in [2.75, 3.05) is 11.9 Å². The molecule has 144 valence electrons. The van der Waals surface area contributed by atoms with Gasteiger partial charge >= 0.3 is 0 Å². The van der Waals surface area contributed by atoms with E-state index in [-0.39, 0.29) is 17.5 Å². The largest absolute Gasteiger partial charge is 0.362 e. The number of hydrogen-bond donors (Lipinski definition) is 2. The molecule has 0 radical (unpaired) electrons. The van der Waals surface area contributed by atoms with Crippen molar-refractivity contribution in [3.05, 3.63) is 29.8 Å². The maximum atomic E-state index is 13.3. The van der Waals surface area contributed by atoms with Gasteiger partial charge in [0.15, 0.2) is 0 Å². The van der Waals surface area contributed by atoms with Crippen LogP contribution < -0.4 is 10.6 Å². The first-order chi connectivity index (χ1) is 13.1. The van der Waals surface area contributed by atoms with Crippen LogP contribution in [0.15, 0.2) is 24.3 Å². The van der Waals surface area contributed by atoms with Crippen molar-refractivity contribution in [1.82, 2.24) is 10.2 Å². The number of rotatable bonds is 1. The number of anilines is 1. The summed E-state index contributed by atoms with van der Waals surface area (Å²) in [7, 11) is 0. The maximum Gasteiger partial charge on any atom is 0.255 e. The van der Waals surface area contributed by atoms with E-state index in [1.54, 1.807) is 0 Å². The monoisotopic (exact) mass is 367 g/mol. The lowest BCUT2D eigenvalue weighted by Crippen LogP contribution is -2.68. The SMILES string of the molecule is C[C@H]1CCCCN1C(=O)[C@@H]1C[C@H]2CC[C@H]1C[C@@]21NC(=O)c2ccccc2N1. The summed E-state index contributed by atoms with van der Waals surface area (Å²) >= 11 is 0. The summed E-state index contributed by atoms with van der Waals surface area (Å²) < 4.78 is 0. The van der Waals surface area contributed by atoms with E-state index in [1.807, 2.05) is 24.3 Å². The van der Waals surface area contributed by atoms with E-state index in [0.29, 0.717) is 23.8 Å². The van der Waals surface area contributed by atoms with Crippen molar-refractivity contribution in [3.8, 4) is 0 Å². The van der Waals surface area contributed by atoms with Gasteiger partial charge in [0.2, 0.25) is 5.91 Å². The minimum atomic E-state index is -0.376. The van der Waals surface area contributed by atoms with Crippen LogP contribution in [0.4, 0.5) is 5.69 Å². The Kier molecular flexibility index (Phi) is 3.95. The predicted octanol–water partition coefficient (Wildman–Crippen LogP) is 3.38. The average Bonchev–Trinajstić information content (AvgIpc) is 2.68. The maximum absolute atomic E-state index is 13.3. The zero-order valence-corrected chi connectivity index (χ0v) is 16.0. The van der Waals surface area contributed by atoms with Crippen LogP contribution in [-0.2, 0) is 4.79 Å². The Morgan fingerprint density at radius 2 is 2.00 bits per heavy atom. The number of fused-ring (bicyclic) bond motifs is 3. The second-order valence-corrected chi connectivity index (χ2v) is 9.05. The smallest absolute Gasteiger partial charge is 0.255 e. The van der Waals surface area contributed by atoms with Crippen molar-refractivity contribution in [2.45, 2.75) is 63.6 Å². The van der Waals surface area contributed by atoms with Crippen LogP contribution in [0.3, 0.4) is 0 Å². The number of para-hydroxylation sites is 1. The first kappa shape index (κ1) is 17.1. The van der Waals surface area contributed by atoms with E-state index < -0.39 is 0 Å². The Balaban J connectivity index is 1.38. The number of carbonyl (C=O) groups is 2. The van der Waals surface area contributed by atoms with Crippen LogP contribution >= 0.6 is 0 Å².